The maximum absolute atomic E-state index is 12.7. The lowest BCUT2D eigenvalue weighted by Crippen LogP contribution is -2.35. The molecular weight excluding hydrogens is 304 g/mol. The van der Waals surface area contributed by atoms with Crippen molar-refractivity contribution < 1.29 is 4.79 Å². The van der Waals surface area contributed by atoms with E-state index in [-0.39, 0.29) is 5.78 Å². The molecule has 23 heavy (non-hydrogen) atoms. The van der Waals surface area contributed by atoms with E-state index in [1.165, 1.54) is 0 Å². The lowest BCUT2D eigenvalue weighted by atomic mass is 10.1. The average molecular weight is 324 g/mol. The van der Waals surface area contributed by atoms with Crippen LogP contribution < -0.4 is 4.90 Å². The van der Waals surface area contributed by atoms with Crippen molar-refractivity contribution in [2.75, 3.05) is 23.7 Å². The number of para-hydroxylation sites is 1. The maximum Gasteiger partial charge on any atom is 0.182 e. The normalized spacial score (nSPS) is 14.2. The van der Waals surface area contributed by atoms with Crippen molar-refractivity contribution in [3.8, 4) is 0 Å². The van der Waals surface area contributed by atoms with Crippen molar-refractivity contribution in [3.05, 3.63) is 65.7 Å². The Balaban J connectivity index is 1.85. The number of ketones is 1. The molecule has 0 N–H and O–H groups in total. The first-order chi connectivity index (χ1) is 11.2. The zero-order valence-corrected chi connectivity index (χ0v) is 14.1. The molecule has 1 aliphatic heterocycles. The molecule has 3 nitrogen and oxygen atoms in total. The molecular formula is C19H20N2OS. The van der Waals surface area contributed by atoms with Gasteiger partial charge in [-0.15, -0.1) is 0 Å². The predicted octanol–water partition coefficient (Wildman–Crippen LogP) is 4.18. The van der Waals surface area contributed by atoms with Crippen molar-refractivity contribution in [3.63, 3.8) is 0 Å². The van der Waals surface area contributed by atoms with Crippen LogP contribution in [-0.2, 0) is 0 Å². The third-order valence-electron chi connectivity index (χ3n) is 3.75. The highest BCUT2D eigenvalue weighted by Crippen LogP contribution is 2.23. The molecule has 3 rings (SSSR count). The molecule has 0 radical (unpaired) electrons. The van der Waals surface area contributed by atoms with Crippen molar-refractivity contribution in [1.29, 1.82) is 0 Å². The van der Waals surface area contributed by atoms with E-state index in [0.717, 1.165) is 40.7 Å². The maximum atomic E-state index is 12.7. The van der Waals surface area contributed by atoms with Crippen molar-refractivity contribution >= 4 is 28.4 Å². The summed E-state index contributed by atoms with van der Waals surface area (Å²) in [5.41, 5.74) is 2.92. The van der Waals surface area contributed by atoms with Gasteiger partial charge in [-0.3, -0.25) is 9.79 Å². The van der Waals surface area contributed by atoms with Crippen LogP contribution in [0, 0.1) is 6.92 Å². The Kier molecular flexibility index (Phi) is 5.13. The van der Waals surface area contributed by atoms with E-state index in [2.05, 4.69) is 4.99 Å². The molecule has 118 valence electrons. The minimum atomic E-state index is 0.114. The lowest BCUT2D eigenvalue weighted by Gasteiger charge is -2.27. The highest BCUT2D eigenvalue weighted by atomic mass is 32.2. The van der Waals surface area contributed by atoms with Crippen LogP contribution in [0.4, 0.5) is 5.69 Å². The lowest BCUT2D eigenvalue weighted by molar-refractivity contribution is 0.100. The number of anilines is 1. The zero-order chi connectivity index (χ0) is 16.1. The van der Waals surface area contributed by atoms with Crippen LogP contribution in [0.5, 0.6) is 0 Å². The summed E-state index contributed by atoms with van der Waals surface area (Å²) in [4.78, 5) is 19.3. The molecule has 2 aromatic rings. The van der Waals surface area contributed by atoms with Crippen LogP contribution in [-0.4, -0.2) is 29.8 Å². The second-order valence-electron chi connectivity index (χ2n) is 5.58. The summed E-state index contributed by atoms with van der Waals surface area (Å²) in [5, 5.41) is 0.947. The number of benzene rings is 2. The van der Waals surface area contributed by atoms with Gasteiger partial charge in [0.15, 0.2) is 11.0 Å². The van der Waals surface area contributed by atoms with Crippen LogP contribution in [0.15, 0.2) is 59.6 Å². The summed E-state index contributed by atoms with van der Waals surface area (Å²) in [7, 11) is 0. The van der Waals surface area contributed by atoms with Gasteiger partial charge < -0.3 is 4.90 Å². The number of amidine groups is 1. The first-order valence-corrected chi connectivity index (χ1v) is 8.82. The second-order valence-corrected chi connectivity index (χ2v) is 6.64. The Labute approximate surface area is 141 Å². The third-order valence-corrected chi connectivity index (χ3v) is 4.86. The fourth-order valence-corrected chi connectivity index (χ4v) is 3.43. The van der Waals surface area contributed by atoms with Crippen LogP contribution in [0.25, 0.3) is 0 Å². The summed E-state index contributed by atoms with van der Waals surface area (Å²) >= 11 is 1.73. The summed E-state index contributed by atoms with van der Waals surface area (Å²) in [5.74, 6) is 1.17. The molecule has 1 heterocycles. The van der Waals surface area contributed by atoms with E-state index >= 15 is 0 Å². The Hall–Kier alpha value is -2.07. The first-order valence-electron chi connectivity index (χ1n) is 7.84. The molecule has 0 atom stereocenters. The molecule has 0 spiro atoms. The average Bonchev–Trinajstić information content (AvgIpc) is 2.61. The van der Waals surface area contributed by atoms with Gasteiger partial charge in [-0.1, -0.05) is 59.8 Å². The van der Waals surface area contributed by atoms with Crippen LogP contribution in [0.1, 0.15) is 22.3 Å². The van der Waals surface area contributed by atoms with Gasteiger partial charge in [0.2, 0.25) is 0 Å². The topological polar surface area (TPSA) is 32.7 Å². The number of aliphatic imine (C=N–C) groups is 1. The van der Waals surface area contributed by atoms with Gasteiger partial charge in [-0.25, -0.2) is 0 Å². The molecule has 4 heteroatoms. The first kappa shape index (κ1) is 15.8. The number of aryl methyl sites for hydroxylation is 1. The number of hydrogen-bond donors (Lipinski definition) is 0. The van der Waals surface area contributed by atoms with E-state index in [1.54, 1.807) is 11.8 Å². The zero-order valence-electron chi connectivity index (χ0n) is 13.2. The number of nitrogens with zero attached hydrogens (tertiary/aromatic N) is 2. The third kappa shape index (κ3) is 4.02. The van der Waals surface area contributed by atoms with Crippen molar-refractivity contribution in [1.82, 2.24) is 0 Å². The molecule has 2 aromatic carbocycles. The largest absolute Gasteiger partial charge is 0.313 e. The Morgan fingerprint density at radius 3 is 2.52 bits per heavy atom. The van der Waals surface area contributed by atoms with Crippen LogP contribution in [0.2, 0.25) is 0 Å². The highest BCUT2D eigenvalue weighted by Gasteiger charge is 2.20. The number of thioether (sulfide) groups is 1. The van der Waals surface area contributed by atoms with E-state index in [0.29, 0.717) is 6.54 Å². The number of rotatable bonds is 4. The molecule has 0 aromatic heterocycles. The van der Waals surface area contributed by atoms with Crippen LogP contribution >= 0.6 is 11.8 Å². The SMILES string of the molecule is Cc1ccc(C(=O)CN(C2=NCCCS2)c2ccccc2)cc1. The van der Waals surface area contributed by atoms with Crippen molar-refractivity contribution in [2.24, 2.45) is 4.99 Å². The predicted molar refractivity (Wildman–Crippen MR) is 98.7 cm³/mol. The van der Waals surface area contributed by atoms with Gasteiger partial charge >= 0.3 is 0 Å². The number of carbonyl (C=O) groups is 1. The second kappa shape index (κ2) is 7.47. The van der Waals surface area contributed by atoms with E-state index in [4.69, 9.17) is 0 Å². The molecule has 1 aliphatic rings. The van der Waals surface area contributed by atoms with Gasteiger partial charge in [0.05, 0.1) is 6.54 Å². The van der Waals surface area contributed by atoms with Gasteiger partial charge in [0.25, 0.3) is 0 Å². The monoisotopic (exact) mass is 324 g/mol. The van der Waals surface area contributed by atoms with E-state index < -0.39 is 0 Å². The van der Waals surface area contributed by atoms with Gasteiger partial charge in [0.1, 0.15) is 0 Å². The summed E-state index contributed by atoms with van der Waals surface area (Å²) in [6.07, 6.45) is 1.10. The fourth-order valence-electron chi connectivity index (χ4n) is 2.46. The van der Waals surface area contributed by atoms with Gasteiger partial charge in [0, 0.05) is 23.5 Å². The molecule has 0 aliphatic carbocycles. The van der Waals surface area contributed by atoms with Gasteiger partial charge in [-0.2, -0.15) is 0 Å². The van der Waals surface area contributed by atoms with Crippen molar-refractivity contribution in [2.45, 2.75) is 13.3 Å². The minimum absolute atomic E-state index is 0.114. The smallest absolute Gasteiger partial charge is 0.182 e. The minimum Gasteiger partial charge on any atom is -0.313 e. The molecule has 0 unspecified atom stereocenters. The quantitative estimate of drug-likeness (QED) is 0.791. The number of carbonyl (C=O) groups excluding carboxylic acids is 1. The summed E-state index contributed by atoms with van der Waals surface area (Å²) < 4.78 is 0. The molecule has 0 saturated heterocycles. The fraction of sp³-hybridized carbons (Fsp3) is 0.263. The summed E-state index contributed by atoms with van der Waals surface area (Å²) in [6.45, 7) is 3.18. The molecule has 0 bridgehead atoms. The molecule has 0 saturated carbocycles. The summed E-state index contributed by atoms with van der Waals surface area (Å²) in [6, 6.07) is 17.8. The van der Waals surface area contributed by atoms with Crippen LogP contribution in [0.3, 0.4) is 0 Å². The Bertz CT molecular complexity index is 695. The molecule has 0 fully saturated rings. The Morgan fingerprint density at radius 2 is 1.87 bits per heavy atom. The van der Waals surface area contributed by atoms with E-state index in [9.17, 15) is 4.79 Å². The standard InChI is InChI=1S/C19H20N2OS/c1-15-8-10-16(11-9-15)18(22)14-21(17-6-3-2-4-7-17)19-20-12-5-13-23-19/h2-4,6-11H,5,12-14H2,1H3. The Morgan fingerprint density at radius 1 is 1.13 bits per heavy atom. The van der Waals surface area contributed by atoms with E-state index in [1.807, 2.05) is 66.4 Å². The van der Waals surface area contributed by atoms with Gasteiger partial charge in [-0.05, 0) is 25.5 Å². The number of Topliss-reactive ketones (excluding diaryl/α,β-unsaturated/α-hetero) is 1. The molecule has 0 amide bonds. The highest BCUT2D eigenvalue weighted by molar-refractivity contribution is 8.14. The number of hydrogen-bond acceptors (Lipinski definition) is 4.